The second-order valence-electron chi connectivity index (χ2n) is 5.54. The van der Waals surface area contributed by atoms with Gasteiger partial charge in [0.15, 0.2) is 5.83 Å². The molecule has 142 valence electrons. The molecule has 0 rings (SSSR count). The van der Waals surface area contributed by atoms with Crippen LogP contribution in [-0.2, 0) is 9.47 Å². The largest absolute Gasteiger partial charge is 0.497 e. The maximum atomic E-state index is 12.7. The average molecular weight is 347 g/mol. The van der Waals surface area contributed by atoms with Gasteiger partial charge < -0.3 is 9.47 Å². The molecule has 0 saturated heterocycles. The highest BCUT2D eigenvalue weighted by Crippen LogP contribution is 2.18. The lowest BCUT2D eigenvalue weighted by atomic mass is 9.94. The summed E-state index contributed by atoms with van der Waals surface area (Å²) < 4.78 is 34.5. The summed E-state index contributed by atoms with van der Waals surface area (Å²) in [5.74, 6) is 0.600. The van der Waals surface area contributed by atoms with Crippen molar-refractivity contribution in [1.29, 1.82) is 0 Å². The molecule has 0 spiro atoms. The van der Waals surface area contributed by atoms with Crippen LogP contribution in [-0.4, -0.2) is 20.4 Å². The van der Waals surface area contributed by atoms with Gasteiger partial charge in [0.1, 0.15) is 11.5 Å². The average Bonchev–Trinajstić information content (AvgIpc) is 2.60. The van der Waals surface area contributed by atoms with Crippen LogP contribution < -0.4 is 0 Å². The minimum Gasteiger partial charge on any atom is -0.497 e. The standard InChI is InChI=1S/C10H21F.C8H11FO2.C2H4/c1-5-8(2)6-7-9(3)10(4)11;1-6(10-3)5-8(9)7(2)11-4;1-2/h8-10H,5-7H2,1-4H3;5H,1-2H2,3-4H3;1-2H2/b;8-5+;. The maximum absolute atomic E-state index is 12.7. The molecule has 0 bridgehead atoms. The summed E-state index contributed by atoms with van der Waals surface area (Å²) in [6, 6.07) is 0. The first-order valence-electron chi connectivity index (χ1n) is 8.16. The molecular formula is C20H36F2O2. The van der Waals surface area contributed by atoms with Gasteiger partial charge in [-0.1, -0.05) is 46.8 Å². The molecule has 3 atom stereocenters. The van der Waals surface area contributed by atoms with E-state index in [1.165, 1.54) is 27.1 Å². The van der Waals surface area contributed by atoms with Crippen LogP contribution >= 0.6 is 0 Å². The van der Waals surface area contributed by atoms with Crippen LogP contribution in [0.3, 0.4) is 0 Å². The third-order valence-corrected chi connectivity index (χ3v) is 3.66. The predicted octanol–water partition coefficient (Wildman–Crippen LogP) is 6.77. The Morgan fingerprint density at radius 2 is 1.54 bits per heavy atom. The van der Waals surface area contributed by atoms with Crippen molar-refractivity contribution >= 4 is 0 Å². The van der Waals surface area contributed by atoms with Crippen molar-refractivity contribution in [3.63, 3.8) is 0 Å². The molecule has 3 unspecified atom stereocenters. The first kappa shape index (κ1) is 27.3. The topological polar surface area (TPSA) is 18.5 Å². The van der Waals surface area contributed by atoms with Crippen molar-refractivity contribution in [2.75, 3.05) is 14.2 Å². The Kier molecular flexibility index (Phi) is 20.2. The molecule has 0 heterocycles. The zero-order valence-corrected chi connectivity index (χ0v) is 16.3. The van der Waals surface area contributed by atoms with Crippen molar-refractivity contribution in [2.45, 2.75) is 53.1 Å². The highest BCUT2D eigenvalue weighted by atomic mass is 19.1. The van der Waals surface area contributed by atoms with E-state index in [1.807, 2.05) is 6.92 Å². The Hall–Kier alpha value is -1.58. The molecule has 0 aromatic heterocycles. The summed E-state index contributed by atoms with van der Waals surface area (Å²) in [5.41, 5.74) is 0. The van der Waals surface area contributed by atoms with Gasteiger partial charge in [-0.2, -0.15) is 0 Å². The van der Waals surface area contributed by atoms with Crippen LogP contribution in [0.2, 0.25) is 0 Å². The van der Waals surface area contributed by atoms with Crippen LogP contribution in [0.5, 0.6) is 0 Å². The zero-order valence-electron chi connectivity index (χ0n) is 16.3. The van der Waals surface area contributed by atoms with E-state index in [2.05, 4.69) is 49.6 Å². The second-order valence-corrected chi connectivity index (χ2v) is 5.54. The maximum Gasteiger partial charge on any atom is 0.168 e. The van der Waals surface area contributed by atoms with Crippen molar-refractivity contribution in [1.82, 2.24) is 0 Å². The summed E-state index contributed by atoms with van der Waals surface area (Å²) in [5, 5.41) is 0. The number of rotatable bonds is 9. The van der Waals surface area contributed by atoms with Gasteiger partial charge in [-0.15, -0.1) is 13.2 Å². The molecule has 0 radical (unpaired) electrons. The molecule has 2 nitrogen and oxygen atoms in total. The Balaban J connectivity index is -0.000000333. The molecule has 0 fully saturated rings. The van der Waals surface area contributed by atoms with Crippen molar-refractivity contribution in [3.05, 3.63) is 49.7 Å². The first-order chi connectivity index (χ1) is 11.2. The van der Waals surface area contributed by atoms with Crippen LogP contribution in [0.4, 0.5) is 8.78 Å². The fourth-order valence-corrected chi connectivity index (χ4v) is 1.36. The number of alkyl halides is 1. The Morgan fingerprint density at radius 1 is 1.04 bits per heavy atom. The van der Waals surface area contributed by atoms with Gasteiger partial charge in [0.2, 0.25) is 0 Å². The fraction of sp³-hybridized carbons (Fsp3) is 0.600. The minimum atomic E-state index is -0.640. The Bertz CT molecular complexity index is 363. The Labute approximate surface area is 147 Å². The van der Waals surface area contributed by atoms with E-state index in [0.717, 1.165) is 18.4 Å². The summed E-state index contributed by atoms with van der Waals surface area (Å²) in [6.07, 6.45) is 3.89. The van der Waals surface area contributed by atoms with E-state index < -0.39 is 12.0 Å². The predicted molar refractivity (Wildman–Crippen MR) is 101 cm³/mol. The molecule has 0 aliphatic carbocycles. The van der Waals surface area contributed by atoms with E-state index in [9.17, 15) is 8.78 Å². The zero-order chi connectivity index (χ0) is 19.7. The van der Waals surface area contributed by atoms with Gasteiger partial charge in [0, 0.05) is 6.08 Å². The molecule has 24 heavy (non-hydrogen) atoms. The minimum absolute atomic E-state index is 0.0387. The van der Waals surface area contributed by atoms with Gasteiger partial charge in [0.05, 0.1) is 20.4 Å². The normalized spacial score (nSPS) is 13.9. The second kappa shape index (κ2) is 17.8. The smallest absolute Gasteiger partial charge is 0.168 e. The first-order valence-corrected chi connectivity index (χ1v) is 8.16. The van der Waals surface area contributed by atoms with E-state index in [1.54, 1.807) is 6.92 Å². The monoisotopic (exact) mass is 346 g/mol. The van der Waals surface area contributed by atoms with Gasteiger partial charge in [-0.25, -0.2) is 8.78 Å². The number of hydrogen-bond donors (Lipinski definition) is 0. The molecule has 4 heteroatoms. The molecule has 0 saturated carbocycles. The summed E-state index contributed by atoms with van der Waals surface area (Å²) in [6.45, 7) is 20.8. The van der Waals surface area contributed by atoms with Crippen LogP contribution in [0.25, 0.3) is 0 Å². The Morgan fingerprint density at radius 3 is 1.88 bits per heavy atom. The lowest BCUT2D eigenvalue weighted by molar-refractivity contribution is 0.240. The van der Waals surface area contributed by atoms with Crippen LogP contribution in [0.15, 0.2) is 49.7 Å². The lowest BCUT2D eigenvalue weighted by Gasteiger charge is -2.14. The molecule has 0 aromatic rings. The fourth-order valence-electron chi connectivity index (χ4n) is 1.36. The van der Waals surface area contributed by atoms with Crippen molar-refractivity contribution in [2.24, 2.45) is 11.8 Å². The van der Waals surface area contributed by atoms with E-state index in [-0.39, 0.29) is 17.4 Å². The molecule has 0 aliphatic heterocycles. The van der Waals surface area contributed by atoms with Gasteiger partial charge in [-0.05, 0) is 25.2 Å². The molecule has 0 amide bonds. The van der Waals surface area contributed by atoms with Crippen molar-refractivity contribution < 1.29 is 18.3 Å². The number of hydrogen-bond acceptors (Lipinski definition) is 2. The molecule has 0 N–H and O–H groups in total. The van der Waals surface area contributed by atoms with Crippen LogP contribution in [0.1, 0.15) is 47.0 Å². The lowest BCUT2D eigenvalue weighted by Crippen LogP contribution is -2.09. The molecule has 0 aliphatic rings. The van der Waals surface area contributed by atoms with E-state index in [4.69, 9.17) is 0 Å². The summed E-state index contributed by atoms with van der Waals surface area (Å²) in [7, 11) is 2.74. The summed E-state index contributed by atoms with van der Waals surface area (Å²) >= 11 is 0. The highest BCUT2D eigenvalue weighted by molar-refractivity contribution is 5.23. The quantitative estimate of drug-likeness (QED) is 0.260. The van der Waals surface area contributed by atoms with Gasteiger partial charge in [0.25, 0.3) is 0 Å². The van der Waals surface area contributed by atoms with Crippen molar-refractivity contribution in [3.8, 4) is 0 Å². The van der Waals surface area contributed by atoms with Gasteiger partial charge in [-0.3, -0.25) is 0 Å². The highest BCUT2D eigenvalue weighted by Gasteiger charge is 2.11. The SMILES string of the molecule is C=C.C=C(/C=C(/F)C(=C)OC)OC.CCC(C)CCC(C)C(C)F. The van der Waals surface area contributed by atoms with Gasteiger partial charge >= 0.3 is 0 Å². The number of ether oxygens (including phenoxy) is 2. The third-order valence-electron chi connectivity index (χ3n) is 3.66. The third kappa shape index (κ3) is 16.8. The van der Waals surface area contributed by atoms with E-state index in [0.29, 0.717) is 0 Å². The molecule has 0 aromatic carbocycles. The number of allylic oxidation sites excluding steroid dienone is 2. The number of methoxy groups -OCH3 is 2. The van der Waals surface area contributed by atoms with Crippen LogP contribution in [0, 0.1) is 11.8 Å². The molecular weight excluding hydrogens is 310 g/mol. The summed E-state index contributed by atoms with van der Waals surface area (Å²) in [4.78, 5) is 0. The number of halogens is 2. The van der Waals surface area contributed by atoms with E-state index >= 15 is 0 Å².